The van der Waals surface area contributed by atoms with Crippen molar-refractivity contribution in [2.24, 2.45) is 5.73 Å². The quantitative estimate of drug-likeness (QED) is 0.793. The summed E-state index contributed by atoms with van der Waals surface area (Å²) in [4.78, 5) is 26.1. The van der Waals surface area contributed by atoms with Crippen molar-refractivity contribution in [3.63, 3.8) is 0 Å². The maximum atomic E-state index is 12.5. The molecule has 0 spiro atoms. The molecule has 2 rings (SSSR count). The van der Waals surface area contributed by atoms with Gasteiger partial charge in [-0.1, -0.05) is 12.8 Å². The van der Waals surface area contributed by atoms with Crippen LogP contribution in [0.25, 0.3) is 0 Å². The van der Waals surface area contributed by atoms with Gasteiger partial charge < -0.3 is 16.0 Å². The van der Waals surface area contributed by atoms with E-state index in [9.17, 15) is 9.59 Å². The molecule has 0 bridgehead atoms. The molecule has 0 radical (unpaired) electrons. The molecule has 5 nitrogen and oxygen atoms in total. The highest BCUT2D eigenvalue weighted by Gasteiger charge is 2.37. The number of hydrogen-bond donors (Lipinski definition) is 2. The van der Waals surface area contributed by atoms with Gasteiger partial charge in [0.15, 0.2) is 0 Å². The van der Waals surface area contributed by atoms with Crippen molar-refractivity contribution in [2.45, 2.75) is 62.9 Å². The number of hydrogen-bond acceptors (Lipinski definition) is 3. The zero-order valence-corrected chi connectivity index (χ0v) is 11.8. The summed E-state index contributed by atoms with van der Waals surface area (Å²) in [5, 5.41) is 2.66. The molecule has 1 saturated heterocycles. The average molecular weight is 267 g/mol. The molecule has 0 aromatic carbocycles. The van der Waals surface area contributed by atoms with Crippen molar-refractivity contribution in [1.29, 1.82) is 0 Å². The van der Waals surface area contributed by atoms with E-state index in [1.165, 1.54) is 0 Å². The number of nitrogens with two attached hydrogens (primary N) is 1. The number of rotatable bonds is 3. The summed E-state index contributed by atoms with van der Waals surface area (Å²) in [5.74, 6) is 0.00300. The van der Waals surface area contributed by atoms with Crippen LogP contribution in [-0.2, 0) is 9.59 Å². The first-order chi connectivity index (χ1) is 9.06. The van der Waals surface area contributed by atoms with Gasteiger partial charge in [0.25, 0.3) is 0 Å². The molecule has 1 unspecified atom stereocenters. The lowest BCUT2D eigenvalue weighted by Gasteiger charge is -2.36. The van der Waals surface area contributed by atoms with Crippen LogP contribution < -0.4 is 11.1 Å². The number of carbonyl (C=O) groups excluding carboxylic acids is 2. The van der Waals surface area contributed by atoms with E-state index in [1.807, 2.05) is 0 Å². The summed E-state index contributed by atoms with van der Waals surface area (Å²) in [6, 6.07) is -0.295. The first-order valence-electron chi connectivity index (χ1n) is 7.36. The summed E-state index contributed by atoms with van der Waals surface area (Å²) in [6.07, 6.45) is 7.23. The monoisotopic (exact) mass is 267 g/mol. The van der Waals surface area contributed by atoms with Gasteiger partial charge in [0, 0.05) is 25.6 Å². The van der Waals surface area contributed by atoms with Gasteiger partial charge in [-0.15, -0.1) is 0 Å². The molecule has 2 aliphatic rings. The third kappa shape index (κ3) is 3.26. The van der Waals surface area contributed by atoms with Gasteiger partial charge in [-0.25, -0.2) is 0 Å². The molecule has 1 aliphatic carbocycles. The van der Waals surface area contributed by atoms with Crippen LogP contribution in [0.3, 0.4) is 0 Å². The number of carbonyl (C=O) groups is 2. The highest BCUT2D eigenvalue weighted by molar-refractivity contribution is 5.88. The minimum absolute atomic E-state index is 0.0504. The van der Waals surface area contributed by atoms with E-state index in [1.54, 1.807) is 11.9 Å². The van der Waals surface area contributed by atoms with Crippen LogP contribution >= 0.6 is 0 Å². The Labute approximate surface area is 114 Å². The van der Waals surface area contributed by atoms with E-state index in [0.29, 0.717) is 13.0 Å². The molecular weight excluding hydrogens is 242 g/mol. The second-order valence-corrected chi connectivity index (χ2v) is 5.96. The van der Waals surface area contributed by atoms with Crippen molar-refractivity contribution in [1.82, 2.24) is 10.2 Å². The number of piperidine rings is 1. The summed E-state index contributed by atoms with van der Waals surface area (Å²) in [5.41, 5.74) is 5.94. The van der Waals surface area contributed by atoms with E-state index in [2.05, 4.69) is 5.32 Å². The summed E-state index contributed by atoms with van der Waals surface area (Å²) in [7, 11) is 1.63. The van der Waals surface area contributed by atoms with Crippen molar-refractivity contribution in [2.75, 3.05) is 13.6 Å². The van der Waals surface area contributed by atoms with Gasteiger partial charge in [-0.05, 0) is 32.1 Å². The van der Waals surface area contributed by atoms with Crippen molar-refractivity contribution < 1.29 is 9.59 Å². The van der Waals surface area contributed by atoms with E-state index >= 15 is 0 Å². The molecule has 1 atom stereocenters. The van der Waals surface area contributed by atoms with Gasteiger partial charge in [0.2, 0.25) is 11.8 Å². The van der Waals surface area contributed by atoms with Crippen LogP contribution in [0.4, 0.5) is 0 Å². The maximum Gasteiger partial charge on any atom is 0.242 e. The summed E-state index contributed by atoms with van der Waals surface area (Å²) >= 11 is 0. The van der Waals surface area contributed by atoms with Crippen LogP contribution in [0.1, 0.15) is 51.4 Å². The first kappa shape index (κ1) is 14.3. The number of likely N-dealkylation sites (N-methyl/N-ethyl adjacent to an activating group) is 1. The largest absolute Gasteiger partial charge is 0.357 e. The SMILES string of the molecule is CNC(=O)C1CCCCN1C(=O)CC1(N)CCCC1. The Morgan fingerprint density at radius 2 is 1.95 bits per heavy atom. The fourth-order valence-corrected chi connectivity index (χ4v) is 3.33. The van der Waals surface area contributed by atoms with Crippen LogP contribution in [0.15, 0.2) is 0 Å². The molecule has 108 valence electrons. The molecule has 1 aliphatic heterocycles. The van der Waals surface area contributed by atoms with Gasteiger partial charge in [-0.2, -0.15) is 0 Å². The summed E-state index contributed by atoms with van der Waals surface area (Å²) < 4.78 is 0. The average Bonchev–Trinajstić information content (AvgIpc) is 2.84. The van der Waals surface area contributed by atoms with Crippen molar-refractivity contribution in [3.05, 3.63) is 0 Å². The lowest BCUT2D eigenvalue weighted by atomic mass is 9.92. The molecule has 1 heterocycles. The third-order valence-corrected chi connectivity index (χ3v) is 4.47. The van der Waals surface area contributed by atoms with Gasteiger partial charge in [0.1, 0.15) is 6.04 Å². The van der Waals surface area contributed by atoms with Gasteiger partial charge in [0.05, 0.1) is 0 Å². The normalized spacial score (nSPS) is 26.2. The molecule has 0 aromatic rings. The van der Waals surface area contributed by atoms with E-state index in [-0.39, 0.29) is 23.4 Å². The predicted molar refractivity (Wildman–Crippen MR) is 73.4 cm³/mol. The van der Waals surface area contributed by atoms with E-state index in [4.69, 9.17) is 5.73 Å². The Hall–Kier alpha value is -1.10. The van der Waals surface area contributed by atoms with Crippen LogP contribution in [-0.4, -0.2) is 41.9 Å². The number of nitrogens with zero attached hydrogens (tertiary/aromatic N) is 1. The van der Waals surface area contributed by atoms with Crippen molar-refractivity contribution >= 4 is 11.8 Å². The summed E-state index contributed by atoms with van der Waals surface area (Å²) in [6.45, 7) is 0.688. The van der Waals surface area contributed by atoms with Gasteiger partial charge in [-0.3, -0.25) is 9.59 Å². The minimum atomic E-state index is -0.332. The number of amides is 2. The lowest BCUT2D eigenvalue weighted by Crippen LogP contribution is -2.53. The fourth-order valence-electron chi connectivity index (χ4n) is 3.33. The maximum absolute atomic E-state index is 12.5. The Kier molecular flexibility index (Phi) is 4.45. The Bertz CT molecular complexity index is 351. The van der Waals surface area contributed by atoms with Gasteiger partial charge >= 0.3 is 0 Å². The lowest BCUT2D eigenvalue weighted by molar-refractivity contribution is -0.143. The minimum Gasteiger partial charge on any atom is -0.357 e. The highest BCUT2D eigenvalue weighted by Crippen LogP contribution is 2.31. The molecule has 2 amide bonds. The molecule has 2 fully saturated rings. The van der Waals surface area contributed by atoms with Crippen LogP contribution in [0.2, 0.25) is 0 Å². The van der Waals surface area contributed by atoms with E-state index in [0.717, 1.165) is 44.9 Å². The molecule has 0 aromatic heterocycles. The number of nitrogens with one attached hydrogen (secondary N) is 1. The fraction of sp³-hybridized carbons (Fsp3) is 0.857. The van der Waals surface area contributed by atoms with E-state index < -0.39 is 0 Å². The second kappa shape index (κ2) is 5.90. The highest BCUT2D eigenvalue weighted by atomic mass is 16.2. The Balaban J connectivity index is 2.01. The zero-order valence-electron chi connectivity index (χ0n) is 11.8. The molecule has 3 N–H and O–H groups in total. The second-order valence-electron chi connectivity index (χ2n) is 5.96. The standard InChI is InChI=1S/C14H25N3O2/c1-16-13(19)11-6-2-5-9-17(11)12(18)10-14(15)7-3-4-8-14/h11H,2-10,15H2,1H3,(H,16,19). The zero-order chi connectivity index (χ0) is 13.9. The molecule has 5 heteroatoms. The number of likely N-dealkylation sites (tertiary alicyclic amines) is 1. The first-order valence-corrected chi connectivity index (χ1v) is 7.36. The third-order valence-electron chi connectivity index (χ3n) is 4.47. The smallest absolute Gasteiger partial charge is 0.242 e. The molecular formula is C14H25N3O2. The van der Waals surface area contributed by atoms with Crippen LogP contribution in [0, 0.1) is 0 Å². The van der Waals surface area contributed by atoms with Crippen LogP contribution in [0.5, 0.6) is 0 Å². The Morgan fingerprint density at radius 3 is 2.58 bits per heavy atom. The Morgan fingerprint density at radius 1 is 1.26 bits per heavy atom. The topological polar surface area (TPSA) is 75.4 Å². The molecule has 1 saturated carbocycles. The predicted octanol–water partition coefficient (Wildman–Crippen LogP) is 0.775. The molecule has 19 heavy (non-hydrogen) atoms. The van der Waals surface area contributed by atoms with Crippen molar-refractivity contribution in [3.8, 4) is 0 Å².